The van der Waals surface area contributed by atoms with Gasteiger partial charge in [0.25, 0.3) is 0 Å². The lowest BCUT2D eigenvalue weighted by atomic mass is 9.82. The number of benzene rings is 3. The Morgan fingerprint density at radius 2 is 1.67 bits per heavy atom. The molecule has 3 atom stereocenters. The lowest BCUT2D eigenvalue weighted by Crippen LogP contribution is -2.76. The van der Waals surface area contributed by atoms with Crippen LogP contribution in [0.2, 0.25) is 5.02 Å². The number of halogens is 1. The fraction of sp³-hybridized carbons (Fsp3) is 0.208. The van der Waals surface area contributed by atoms with E-state index in [1.807, 2.05) is 0 Å². The Bertz CT molecular complexity index is 1340. The Hall–Kier alpha value is -3.74. The van der Waals surface area contributed by atoms with Crippen LogP contribution in [0.3, 0.4) is 0 Å². The summed E-state index contributed by atoms with van der Waals surface area (Å²) in [4.78, 5) is 11.3. The van der Waals surface area contributed by atoms with Crippen LogP contribution in [0.4, 0.5) is 5.69 Å². The molecule has 0 aromatic heterocycles. The van der Waals surface area contributed by atoms with E-state index < -0.39 is 58.8 Å². The zero-order valence-corrected chi connectivity index (χ0v) is 19.2. The number of aromatic hydroxyl groups is 4. The van der Waals surface area contributed by atoms with Crippen LogP contribution in [0.25, 0.3) is 11.1 Å². The van der Waals surface area contributed by atoms with Crippen molar-refractivity contribution >= 4 is 23.3 Å². The SMILES string of the molecule is O=C(O)c1cccc(-c2c(O)c(O)c(O)c(NCC3(O)CC(O)(C(O)c4cccc(Cl)c4)N3)c2O)c1. The molecule has 1 fully saturated rings. The Labute approximate surface area is 209 Å². The highest BCUT2D eigenvalue weighted by molar-refractivity contribution is 6.30. The minimum Gasteiger partial charge on any atom is -0.505 e. The van der Waals surface area contributed by atoms with Gasteiger partial charge in [-0.1, -0.05) is 35.9 Å². The van der Waals surface area contributed by atoms with Gasteiger partial charge in [0, 0.05) is 11.4 Å². The molecule has 3 aromatic rings. The third-order valence-corrected chi connectivity index (χ3v) is 6.21. The highest BCUT2D eigenvalue weighted by atomic mass is 35.5. The highest BCUT2D eigenvalue weighted by Gasteiger charge is 2.56. The number of carbonyl (C=O) groups is 1. The first kappa shape index (κ1) is 25.4. The number of aromatic carboxylic acids is 1. The third-order valence-electron chi connectivity index (χ3n) is 5.98. The second kappa shape index (κ2) is 9.04. The monoisotopic (exact) mass is 518 g/mol. The number of carboxylic acid groups (broad SMARTS) is 1. The molecule has 1 saturated heterocycles. The molecule has 0 saturated carbocycles. The van der Waals surface area contributed by atoms with E-state index in [-0.39, 0.29) is 23.1 Å². The van der Waals surface area contributed by atoms with Crippen molar-refractivity contribution in [2.24, 2.45) is 0 Å². The van der Waals surface area contributed by atoms with Crippen LogP contribution in [0, 0.1) is 0 Å². The van der Waals surface area contributed by atoms with Crippen molar-refractivity contribution in [1.82, 2.24) is 5.32 Å². The second-order valence-corrected chi connectivity index (χ2v) is 9.04. The van der Waals surface area contributed by atoms with E-state index in [2.05, 4.69) is 10.6 Å². The average Bonchev–Trinajstić information content (AvgIpc) is 2.81. The summed E-state index contributed by atoms with van der Waals surface area (Å²) in [6.07, 6.45) is -1.82. The summed E-state index contributed by atoms with van der Waals surface area (Å²) >= 11 is 5.92. The Kier molecular flexibility index (Phi) is 6.37. The van der Waals surface area contributed by atoms with Crippen LogP contribution in [0.5, 0.6) is 23.0 Å². The summed E-state index contributed by atoms with van der Waals surface area (Å²) in [5, 5.41) is 88.1. The van der Waals surface area contributed by atoms with E-state index >= 15 is 0 Å². The molecule has 4 rings (SSSR count). The van der Waals surface area contributed by atoms with Crippen LogP contribution in [0.15, 0.2) is 48.5 Å². The second-order valence-electron chi connectivity index (χ2n) is 8.60. The molecule has 1 aliphatic rings. The molecular formula is C24H23ClN2O9. The van der Waals surface area contributed by atoms with Gasteiger partial charge in [0.2, 0.25) is 5.75 Å². The van der Waals surface area contributed by atoms with Crippen molar-refractivity contribution in [2.75, 3.05) is 11.9 Å². The molecule has 1 aliphatic heterocycles. The predicted octanol–water partition coefficient (Wildman–Crippen LogP) is 2.04. The zero-order chi connectivity index (χ0) is 26.4. The molecule has 0 radical (unpaired) electrons. The summed E-state index contributed by atoms with van der Waals surface area (Å²) in [5.41, 5.74) is -4.38. The van der Waals surface area contributed by atoms with Gasteiger partial charge in [0.05, 0.1) is 17.7 Å². The molecule has 11 nitrogen and oxygen atoms in total. The molecule has 0 bridgehead atoms. The quantitative estimate of drug-likeness (QED) is 0.162. The van der Waals surface area contributed by atoms with Gasteiger partial charge in [-0.05, 0) is 35.4 Å². The fourth-order valence-corrected chi connectivity index (χ4v) is 4.43. The summed E-state index contributed by atoms with van der Waals surface area (Å²) < 4.78 is 0. The van der Waals surface area contributed by atoms with Crippen molar-refractivity contribution in [3.05, 3.63) is 64.7 Å². The summed E-state index contributed by atoms with van der Waals surface area (Å²) in [5.74, 6) is -4.81. The van der Waals surface area contributed by atoms with Crippen molar-refractivity contribution in [3.8, 4) is 34.1 Å². The number of anilines is 1. The van der Waals surface area contributed by atoms with Gasteiger partial charge in [-0.2, -0.15) is 0 Å². The summed E-state index contributed by atoms with van der Waals surface area (Å²) in [6, 6.07) is 11.4. The zero-order valence-electron chi connectivity index (χ0n) is 18.5. The maximum atomic E-state index is 11.3. The van der Waals surface area contributed by atoms with Gasteiger partial charge in [0.1, 0.15) is 17.5 Å². The maximum absolute atomic E-state index is 11.3. The van der Waals surface area contributed by atoms with Gasteiger partial charge in [0.15, 0.2) is 23.0 Å². The number of aliphatic hydroxyl groups excluding tert-OH is 1. The van der Waals surface area contributed by atoms with Crippen molar-refractivity contribution in [2.45, 2.75) is 24.0 Å². The summed E-state index contributed by atoms with van der Waals surface area (Å²) in [7, 11) is 0. The first-order valence-corrected chi connectivity index (χ1v) is 11.0. The number of carboxylic acids is 1. The van der Waals surface area contributed by atoms with Gasteiger partial charge in [-0.15, -0.1) is 0 Å². The maximum Gasteiger partial charge on any atom is 0.335 e. The normalized spacial score (nSPS) is 22.0. The minimum atomic E-state index is -1.91. The van der Waals surface area contributed by atoms with E-state index in [0.717, 1.165) is 6.07 Å². The molecule has 10 N–H and O–H groups in total. The smallest absolute Gasteiger partial charge is 0.335 e. The number of phenolic OH excluding ortho intramolecular Hbond substituents is 4. The molecule has 190 valence electrons. The van der Waals surface area contributed by atoms with Gasteiger partial charge < -0.3 is 46.2 Å². The molecule has 3 aromatic carbocycles. The van der Waals surface area contributed by atoms with Crippen LogP contribution in [-0.2, 0) is 0 Å². The number of nitrogens with one attached hydrogen (secondary N) is 2. The fourth-order valence-electron chi connectivity index (χ4n) is 4.24. The number of phenols is 4. The largest absolute Gasteiger partial charge is 0.505 e. The van der Waals surface area contributed by atoms with E-state index in [0.29, 0.717) is 10.6 Å². The van der Waals surface area contributed by atoms with Gasteiger partial charge in [-0.3, -0.25) is 5.32 Å². The van der Waals surface area contributed by atoms with Crippen LogP contribution < -0.4 is 10.6 Å². The lowest BCUT2D eigenvalue weighted by molar-refractivity contribution is -0.252. The molecule has 0 spiro atoms. The van der Waals surface area contributed by atoms with E-state index in [1.165, 1.54) is 24.3 Å². The standard InChI is InChI=1S/C24H23ClN2O9/c25-14-6-2-4-12(8-14)21(32)24(36)9-23(35,27-24)10-26-16-17(28)15(18(29)20(31)19(16)30)11-3-1-5-13(7-11)22(33)34/h1-8,21,26-32,35-36H,9-10H2,(H,33,34). The van der Waals surface area contributed by atoms with Crippen LogP contribution in [-0.4, -0.2) is 64.8 Å². The Morgan fingerprint density at radius 1 is 1.00 bits per heavy atom. The molecule has 36 heavy (non-hydrogen) atoms. The third kappa shape index (κ3) is 4.45. The van der Waals surface area contributed by atoms with E-state index in [1.54, 1.807) is 18.2 Å². The first-order valence-electron chi connectivity index (χ1n) is 10.6. The van der Waals surface area contributed by atoms with Gasteiger partial charge >= 0.3 is 5.97 Å². The number of hydrogen-bond acceptors (Lipinski definition) is 10. The highest BCUT2D eigenvalue weighted by Crippen LogP contribution is 2.54. The number of hydrogen-bond donors (Lipinski definition) is 10. The molecule has 1 heterocycles. The minimum absolute atomic E-state index is 0.0303. The Balaban J connectivity index is 1.57. The topological polar surface area (TPSA) is 203 Å². The van der Waals surface area contributed by atoms with Crippen molar-refractivity contribution < 1.29 is 45.6 Å². The van der Waals surface area contributed by atoms with E-state index in [4.69, 9.17) is 11.6 Å². The molecule has 12 heteroatoms. The molecule has 0 amide bonds. The number of rotatable bonds is 7. The van der Waals surface area contributed by atoms with E-state index in [9.17, 15) is 45.6 Å². The summed E-state index contributed by atoms with van der Waals surface area (Å²) in [6.45, 7) is -0.433. The van der Waals surface area contributed by atoms with Crippen LogP contribution in [0.1, 0.15) is 28.4 Å². The van der Waals surface area contributed by atoms with Crippen molar-refractivity contribution in [3.63, 3.8) is 0 Å². The molecular weight excluding hydrogens is 496 g/mol. The Morgan fingerprint density at radius 3 is 2.31 bits per heavy atom. The predicted molar refractivity (Wildman–Crippen MR) is 128 cm³/mol. The average molecular weight is 519 g/mol. The van der Waals surface area contributed by atoms with Crippen LogP contribution >= 0.6 is 11.6 Å². The molecule has 3 unspecified atom stereocenters. The van der Waals surface area contributed by atoms with Crippen molar-refractivity contribution in [1.29, 1.82) is 0 Å². The lowest BCUT2D eigenvalue weighted by Gasteiger charge is -2.53. The first-order chi connectivity index (χ1) is 16.8. The molecule has 0 aliphatic carbocycles. The van der Waals surface area contributed by atoms with Gasteiger partial charge in [-0.25, -0.2) is 4.79 Å². The number of aliphatic hydroxyl groups is 3.